The molecule has 0 fully saturated rings. The third-order valence-corrected chi connectivity index (χ3v) is 4.77. The molecule has 2 aromatic heterocycles. The lowest BCUT2D eigenvalue weighted by atomic mass is 10.1. The molecule has 3 N–H and O–H groups in total. The zero-order chi connectivity index (χ0) is 18.0. The summed E-state index contributed by atoms with van der Waals surface area (Å²) < 4.78 is 10.5. The van der Waals surface area contributed by atoms with E-state index in [0.29, 0.717) is 10.9 Å². The fourth-order valence-corrected chi connectivity index (χ4v) is 3.48. The monoisotopic (exact) mass is 356 g/mol. The summed E-state index contributed by atoms with van der Waals surface area (Å²) in [6.07, 6.45) is 0. The number of benzene rings is 1. The van der Waals surface area contributed by atoms with E-state index >= 15 is 0 Å². The maximum absolute atomic E-state index is 6.11. The number of nitrogens with zero attached hydrogens (tertiary/aromatic N) is 2. The average Bonchev–Trinajstić information content (AvgIpc) is 2.95. The minimum absolute atomic E-state index is 0.456. The van der Waals surface area contributed by atoms with Crippen LogP contribution < -0.4 is 20.5 Å². The predicted octanol–water partition coefficient (Wildman–Crippen LogP) is 4.16. The van der Waals surface area contributed by atoms with Crippen molar-refractivity contribution in [1.29, 1.82) is 0 Å². The Balaban J connectivity index is 1.89. The molecule has 0 atom stereocenters. The van der Waals surface area contributed by atoms with Gasteiger partial charge in [-0.05, 0) is 49.7 Å². The fourth-order valence-electron chi connectivity index (χ4n) is 2.61. The summed E-state index contributed by atoms with van der Waals surface area (Å²) >= 11 is 1.47. The summed E-state index contributed by atoms with van der Waals surface area (Å²) in [5, 5.41) is 3.97. The van der Waals surface area contributed by atoms with Gasteiger partial charge in [0.2, 0.25) is 0 Å². The Morgan fingerprint density at radius 3 is 2.36 bits per heavy atom. The van der Waals surface area contributed by atoms with Gasteiger partial charge in [0.25, 0.3) is 0 Å². The van der Waals surface area contributed by atoms with Crippen molar-refractivity contribution >= 4 is 28.0 Å². The van der Waals surface area contributed by atoms with Crippen LogP contribution in [0.5, 0.6) is 11.5 Å². The van der Waals surface area contributed by atoms with Crippen molar-refractivity contribution in [2.45, 2.75) is 13.8 Å². The van der Waals surface area contributed by atoms with E-state index in [-0.39, 0.29) is 0 Å². The number of ether oxygens (including phenoxy) is 2. The summed E-state index contributed by atoms with van der Waals surface area (Å²) in [7, 11) is 3.29. The highest BCUT2D eigenvalue weighted by molar-refractivity contribution is 7.19. The molecule has 0 radical (unpaired) electrons. The van der Waals surface area contributed by atoms with Gasteiger partial charge in [0, 0.05) is 5.69 Å². The second-order valence-corrected chi connectivity index (χ2v) is 6.53. The normalized spacial score (nSPS) is 10.6. The van der Waals surface area contributed by atoms with E-state index in [9.17, 15) is 0 Å². The van der Waals surface area contributed by atoms with Gasteiger partial charge < -0.3 is 20.5 Å². The van der Waals surface area contributed by atoms with Crippen molar-refractivity contribution in [1.82, 2.24) is 9.97 Å². The first-order valence-corrected chi connectivity index (χ1v) is 8.53. The van der Waals surface area contributed by atoms with Crippen LogP contribution in [0.15, 0.2) is 30.3 Å². The van der Waals surface area contributed by atoms with Gasteiger partial charge in [-0.1, -0.05) is 11.3 Å². The number of hydrogen-bond donors (Lipinski definition) is 2. The van der Waals surface area contributed by atoms with E-state index in [1.54, 1.807) is 14.2 Å². The van der Waals surface area contributed by atoms with Crippen LogP contribution >= 0.6 is 11.3 Å². The number of hydrogen-bond acceptors (Lipinski definition) is 7. The Morgan fingerprint density at radius 2 is 1.76 bits per heavy atom. The molecule has 0 aliphatic rings. The molecule has 7 heteroatoms. The number of anilines is 3. The summed E-state index contributed by atoms with van der Waals surface area (Å²) in [6.45, 7) is 3.91. The van der Waals surface area contributed by atoms with Crippen LogP contribution in [0.2, 0.25) is 0 Å². The zero-order valence-electron chi connectivity index (χ0n) is 14.6. The Bertz CT molecular complexity index is 868. The van der Waals surface area contributed by atoms with Gasteiger partial charge in [0.1, 0.15) is 17.3 Å². The maximum atomic E-state index is 6.11. The fraction of sp³-hybridized carbons (Fsp3) is 0.222. The molecule has 0 amide bonds. The highest BCUT2D eigenvalue weighted by atomic mass is 32.1. The lowest BCUT2D eigenvalue weighted by Gasteiger charge is -2.09. The van der Waals surface area contributed by atoms with Gasteiger partial charge in [0.05, 0.1) is 30.5 Å². The third-order valence-electron chi connectivity index (χ3n) is 3.76. The molecule has 0 aliphatic carbocycles. The molecule has 0 bridgehead atoms. The number of thiazole rings is 1. The molecule has 0 saturated carbocycles. The van der Waals surface area contributed by atoms with Crippen LogP contribution in [0.25, 0.3) is 10.6 Å². The number of nitrogens with two attached hydrogens (primary N) is 1. The van der Waals surface area contributed by atoms with Crippen molar-refractivity contribution < 1.29 is 9.47 Å². The first-order chi connectivity index (χ1) is 12.0. The van der Waals surface area contributed by atoms with Gasteiger partial charge in [-0.2, -0.15) is 0 Å². The number of nitrogen functional groups attached to an aromatic ring is 1. The van der Waals surface area contributed by atoms with Crippen LogP contribution in [0.3, 0.4) is 0 Å². The van der Waals surface area contributed by atoms with Crippen molar-refractivity contribution in [2.24, 2.45) is 0 Å². The molecule has 1 aromatic carbocycles. The Hall–Kier alpha value is -2.80. The highest BCUT2D eigenvalue weighted by Crippen LogP contribution is 2.37. The van der Waals surface area contributed by atoms with Crippen molar-refractivity contribution in [3.63, 3.8) is 0 Å². The second-order valence-electron chi connectivity index (χ2n) is 5.53. The second kappa shape index (κ2) is 6.98. The summed E-state index contributed by atoms with van der Waals surface area (Å²) in [5.74, 6) is 2.05. The van der Waals surface area contributed by atoms with E-state index in [1.807, 2.05) is 44.2 Å². The quantitative estimate of drug-likeness (QED) is 0.714. The molecular formula is C18H20N4O2S. The SMILES string of the molecule is COc1ccc(Nc2nc(N)c(-c3cc(C)c(OC)c(C)n3)s2)cc1. The van der Waals surface area contributed by atoms with E-state index in [2.05, 4.69) is 15.3 Å². The van der Waals surface area contributed by atoms with Crippen LogP contribution in [-0.2, 0) is 0 Å². The first kappa shape index (κ1) is 17.0. The van der Waals surface area contributed by atoms with Gasteiger partial charge in [-0.3, -0.25) is 0 Å². The molecule has 130 valence electrons. The van der Waals surface area contributed by atoms with Crippen molar-refractivity contribution in [3.8, 4) is 22.1 Å². The Morgan fingerprint density at radius 1 is 1.04 bits per heavy atom. The number of rotatable bonds is 5. The minimum atomic E-state index is 0.456. The summed E-state index contributed by atoms with van der Waals surface area (Å²) in [4.78, 5) is 9.85. The predicted molar refractivity (Wildman–Crippen MR) is 102 cm³/mol. The van der Waals surface area contributed by atoms with Crippen LogP contribution in [0, 0.1) is 13.8 Å². The molecule has 3 rings (SSSR count). The summed E-state index contributed by atoms with van der Waals surface area (Å²) in [5.41, 5.74) is 9.67. The lowest BCUT2D eigenvalue weighted by Crippen LogP contribution is -1.97. The number of aryl methyl sites for hydroxylation is 2. The van der Waals surface area contributed by atoms with Gasteiger partial charge in [0.15, 0.2) is 5.13 Å². The molecule has 6 nitrogen and oxygen atoms in total. The van der Waals surface area contributed by atoms with Gasteiger partial charge >= 0.3 is 0 Å². The summed E-state index contributed by atoms with van der Waals surface area (Å²) in [6, 6.07) is 9.59. The number of aromatic nitrogens is 2. The van der Waals surface area contributed by atoms with Crippen molar-refractivity contribution in [3.05, 3.63) is 41.6 Å². The third kappa shape index (κ3) is 3.51. The largest absolute Gasteiger partial charge is 0.497 e. The number of pyridine rings is 1. The van der Waals surface area contributed by atoms with E-state index in [0.717, 1.165) is 39.0 Å². The molecule has 0 saturated heterocycles. The van der Waals surface area contributed by atoms with Gasteiger partial charge in [-0.25, -0.2) is 9.97 Å². The standard InChI is InChI=1S/C18H20N4O2S/c1-10-9-14(20-11(2)15(10)24-4)16-17(19)22-18(25-16)21-12-5-7-13(23-3)8-6-12/h5-9H,19H2,1-4H3,(H,21,22). The van der Waals surface area contributed by atoms with Gasteiger partial charge in [-0.15, -0.1) is 0 Å². The van der Waals surface area contributed by atoms with E-state index < -0.39 is 0 Å². The topological polar surface area (TPSA) is 82.3 Å². The molecule has 25 heavy (non-hydrogen) atoms. The molecule has 3 aromatic rings. The number of nitrogens with one attached hydrogen (secondary N) is 1. The lowest BCUT2D eigenvalue weighted by molar-refractivity contribution is 0.406. The number of methoxy groups -OCH3 is 2. The van der Waals surface area contributed by atoms with E-state index in [4.69, 9.17) is 15.2 Å². The molecular weight excluding hydrogens is 336 g/mol. The van der Waals surface area contributed by atoms with E-state index in [1.165, 1.54) is 11.3 Å². The Kier molecular flexibility index (Phi) is 4.76. The maximum Gasteiger partial charge on any atom is 0.189 e. The smallest absolute Gasteiger partial charge is 0.189 e. The molecule has 0 unspecified atom stereocenters. The Labute approximate surface area is 150 Å². The van der Waals surface area contributed by atoms with Crippen LogP contribution in [-0.4, -0.2) is 24.2 Å². The average molecular weight is 356 g/mol. The zero-order valence-corrected chi connectivity index (χ0v) is 15.4. The highest BCUT2D eigenvalue weighted by Gasteiger charge is 2.15. The van der Waals surface area contributed by atoms with Crippen LogP contribution in [0.1, 0.15) is 11.3 Å². The van der Waals surface area contributed by atoms with Crippen molar-refractivity contribution in [2.75, 3.05) is 25.3 Å². The van der Waals surface area contributed by atoms with Crippen LogP contribution in [0.4, 0.5) is 16.6 Å². The molecule has 0 aliphatic heterocycles. The first-order valence-electron chi connectivity index (χ1n) is 7.71. The molecule has 2 heterocycles. The minimum Gasteiger partial charge on any atom is -0.497 e. The molecule has 0 spiro atoms.